The zero-order valence-electron chi connectivity index (χ0n) is 21.5. The Bertz CT molecular complexity index is 640. The van der Waals surface area contributed by atoms with E-state index in [1.165, 1.54) is 91.2 Å². The molecule has 0 radical (unpaired) electrons. The monoisotopic (exact) mass is 410 g/mol. The number of allylic oxidation sites excluding steroid dienone is 12. The van der Waals surface area contributed by atoms with Gasteiger partial charge in [0.25, 0.3) is 0 Å². The second-order valence-electron chi connectivity index (χ2n) is 9.32. The van der Waals surface area contributed by atoms with Gasteiger partial charge in [-0.3, -0.25) is 0 Å². The van der Waals surface area contributed by atoms with E-state index < -0.39 is 0 Å². The topological polar surface area (TPSA) is 0 Å². The lowest BCUT2D eigenvalue weighted by Gasteiger charge is -2.03. The van der Waals surface area contributed by atoms with Gasteiger partial charge in [-0.25, -0.2) is 0 Å². The van der Waals surface area contributed by atoms with E-state index >= 15 is 0 Å². The molecule has 0 unspecified atom stereocenters. The van der Waals surface area contributed by atoms with Crippen molar-refractivity contribution >= 4 is 0 Å². The van der Waals surface area contributed by atoms with Crippen LogP contribution in [-0.4, -0.2) is 0 Å². The molecule has 0 aliphatic heterocycles. The minimum atomic E-state index is 1.08. The molecule has 0 rings (SSSR count). The van der Waals surface area contributed by atoms with E-state index in [2.05, 4.69) is 91.8 Å². The molecule has 30 heavy (non-hydrogen) atoms. The van der Waals surface area contributed by atoms with Gasteiger partial charge >= 0.3 is 0 Å². The molecule has 0 aromatic rings. The third-order valence-electron chi connectivity index (χ3n) is 5.72. The van der Waals surface area contributed by atoms with Crippen molar-refractivity contribution in [3.63, 3.8) is 0 Å². The fourth-order valence-corrected chi connectivity index (χ4v) is 3.34. The molecule has 0 aromatic heterocycles. The first-order chi connectivity index (χ1) is 14.2. The molecule has 0 atom stereocenters. The predicted octanol–water partition coefficient (Wildman–Crippen LogP) is 10.6. The molecular weight excluding hydrogens is 360 g/mol. The SMILES string of the molecule is CC=C(C)CCC/C(C)=C/CC=C(C)CCC=C(C)CCC=C(C)CCC=C(C)C. The van der Waals surface area contributed by atoms with E-state index in [9.17, 15) is 0 Å². The quantitative estimate of drug-likeness (QED) is 0.235. The van der Waals surface area contributed by atoms with Crippen LogP contribution in [-0.2, 0) is 0 Å². The lowest BCUT2D eigenvalue weighted by Crippen LogP contribution is -1.83. The largest absolute Gasteiger partial charge is 0.0887 e. The molecule has 0 saturated heterocycles. The van der Waals surface area contributed by atoms with Gasteiger partial charge in [-0.05, 0) is 120 Å². The first-order valence-corrected chi connectivity index (χ1v) is 12.1. The second kappa shape index (κ2) is 18.2. The molecule has 0 nitrogen and oxygen atoms in total. The summed E-state index contributed by atoms with van der Waals surface area (Å²) in [7, 11) is 0. The fraction of sp³-hybridized carbons (Fsp3) is 0.600. The summed E-state index contributed by atoms with van der Waals surface area (Å²) < 4.78 is 0. The number of hydrogen-bond donors (Lipinski definition) is 0. The highest BCUT2D eigenvalue weighted by Gasteiger charge is 1.95. The lowest BCUT2D eigenvalue weighted by atomic mass is 10.0. The Hall–Kier alpha value is -1.56. The van der Waals surface area contributed by atoms with Gasteiger partial charge in [0.2, 0.25) is 0 Å². The molecule has 0 heteroatoms. The Balaban J connectivity index is 4.10. The molecular formula is C30H50. The second-order valence-corrected chi connectivity index (χ2v) is 9.32. The van der Waals surface area contributed by atoms with Gasteiger partial charge in [-0.1, -0.05) is 69.9 Å². The van der Waals surface area contributed by atoms with Crippen LogP contribution < -0.4 is 0 Å². The zero-order valence-corrected chi connectivity index (χ0v) is 21.5. The van der Waals surface area contributed by atoms with Crippen molar-refractivity contribution < 1.29 is 0 Å². The molecule has 0 N–H and O–H groups in total. The number of rotatable bonds is 15. The van der Waals surface area contributed by atoms with E-state index in [4.69, 9.17) is 0 Å². The van der Waals surface area contributed by atoms with Gasteiger partial charge in [-0.15, -0.1) is 0 Å². The van der Waals surface area contributed by atoms with Gasteiger partial charge in [0.1, 0.15) is 0 Å². The Kier molecular flexibility index (Phi) is 17.3. The molecule has 0 saturated carbocycles. The molecule has 0 spiro atoms. The van der Waals surface area contributed by atoms with Crippen LogP contribution in [0.1, 0.15) is 120 Å². The van der Waals surface area contributed by atoms with Crippen molar-refractivity contribution in [1.82, 2.24) is 0 Å². The van der Waals surface area contributed by atoms with Crippen LogP contribution in [0.4, 0.5) is 0 Å². The van der Waals surface area contributed by atoms with E-state index in [1.54, 1.807) is 0 Å². The van der Waals surface area contributed by atoms with E-state index in [1.807, 2.05) is 0 Å². The maximum atomic E-state index is 2.44. The van der Waals surface area contributed by atoms with Crippen molar-refractivity contribution in [3.8, 4) is 0 Å². The van der Waals surface area contributed by atoms with Gasteiger partial charge in [0.15, 0.2) is 0 Å². The first-order valence-electron chi connectivity index (χ1n) is 12.1. The normalized spacial score (nSPS) is 14.3. The molecule has 0 aliphatic carbocycles. The van der Waals surface area contributed by atoms with Crippen LogP contribution in [0.15, 0.2) is 69.9 Å². The van der Waals surface area contributed by atoms with Crippen LogP contribution in [0, 0.1) is 0 Å². The zero-order chi connectivity index (χ0) is 22.8. The lowest BCUT2D eigenvalue weighted by molar-refractivity contribution is 0.799. The maximum absolute atomic E-state index is 2.44. The molecule has 0 amide bonds. The smallest absolute Gasteiger partial charge is 0.0164 e. The third kappa shape index (κ3) is 18.5. The minimum absolute atomic E-state index is 1.08. The van der Waals surface area contributed by atoms with E-state index in [0.717, 1.165) is 6.42 Å². The summed E-state index contributed by atoms with van der Waals surface area (Å²) in [6, 6.07) is 0. The minimum Gasteiger partial charge on any atom is -0.0887 e. The van der Waals surface area contributed by atoms with Crippen molar-refractivity contribution in [2.75, 3.05) is 0 Å². The summed E-state index contributed by atoms with van der Waals surface area (Å²) in [6.45, 7) is 17.8. The van der Waals surface area contributed by atoms with Gasteiger partial charge < -0.3 is 0 Å². The Morgan fingerprint density at radius 2 is 0.867 bits per heavy atom. The summed E-state index contributed by atoms with van der Waals surface area (Å²) in [6.07, 6.45) is 26.1. The summed E-state index contributed by atoms with van der Waals surface area (Å²) in [5, 5.41) is 0. The van der Waals surface area contributed by atoms with Crippen molar-refractivity contribution in [3.05, 3.63) is 69.9 Å². The molecule has 0 fully saturated rings. The highest BCUT2D eigenvalue weighted by molar-refractivity contribution is 5.09. The van der Waals surface area contributed by atoms with Crippen LogP contribution in [0.25, 0.3) is 0 Å². The first kappa shape index (κ1) is 28.4. The Labute approximate surface area is 189 Å². The maximum Gasteiger partial charge on any atom is -0.0164 e. The number of hydrogen-bond acceptors (Lipinski definition) is 0. The Morgan fingerprint density at radius 1 is 0.467 bits per heavy atom. The standard InChI is InChI=1S/C30H50/c1-9-26(4)16-11-18-28(6)20-13-22-30(8)24-14-23-29(7)21-12-19-27(5)17-10-15-25(2)3/h9,15,19-20,22-23H,10-14,16-18,21,24H2,1-8H3/b26-9?,27-19?,28-20+,29-23?,30-22?. The average molecular weight is 411 g/mol. The van der Waals surface area contributed by atoms with Crippen molar-refractivity contribution in [2.45, 2.75) is 120 Å². The van der Waals surface area contributed by atoms with Gasteiger partial charge in [-0.2, -0.15) is 0 Å². The van der Waals surface area contributed by atoms with E-state index in [-0.39, 0.29) is 0 Å². The van der Waals surface area contributed by atoms with Crippen molar-refractivity contribution in [2.24, 2.45) is 0 Å². The highest BCUT2D eigenvalue weighted by Crippen LogP contribution is 2.15. The third-order valence-corrected chi connectivity index (χ3v) is 5.72. The summed E-state index contributed by atoms with van der Waals surface area (Å²) in [4.78, 5) is 0. The van der Waals surface area contributed by atoms with Crippen LogP contribution >= 0.6 is 0 Å². The summed E-state index contributed by atoms with van der Waals surface area (Å²) >= 11 is 0. The van der Waals surface area contributed by atoms with E-state index in [0.29, 0.717) is 0 Å². The molecule has 0 aliphatic rings. The molecule has 0 bridgehead atoms. The van der Waals surface area contributed by atoms with Crippen molar-refractivity contribution in [1.29, 1.82) is 0 Å². The Morgan fingerprint density at radius 3 is 1.33 bits per heavy atom. The molecule has 0 aromatic carbocycles. The highest BCUT2D eigenvalue weighted by atomic mass is 14.0. The average Bonchev–Trinajstić information content (AvgIpc) is 2.67. The van der Waals surface area contributed by atoms with Crippen LogP contribution in [0.3, 0.4) is 0 Å². The molecule has 170 valence electrons. The van der Waals surface area contributed by atoms with Gasteiger partial charge in [0.05, 0.1) is 0 Å². The summed E-state index contributed by atoms with van der Waals surface area (Å²) in [5.74, 6) is 0. The van der Waals surface area contributed by atoms with Gasteiger partial charge in [0, 0.05) is 0 Å². The summed E-state index contributed by atoms with van der Waals surface area (Å²) in [5.41, 5.74) is 9.04. The van der Waals surface area contributed by atoms with Crippen LogP contribution in [0.5, 0.6) is 0 Å². The molecule has 0 heterocycles. The van der Waals surface area contributed by atoms with Crippen LogP contribution in [0.2, 0.25) is 0 Å². The fourth-order valence-electron chi connectivity index (χ4n) is 3.34. The predicted molar refractivity (Wildman–Crippen MR) is 140 cm³/mol.